The fraction of sp³-hybridized carbons (Fsp3) is 0.389. The Kier molecular flexibility index (Phi) is 5.03. The molecule has 0 aliphatic heterocycles. The predicted octanol–water partition coefficient (Wildman–Crippen LogP) is 5.12. The van der Waals surface area contributed by atoms with E-state index in [-0.39, 0.29) is 11.3 Å². The second-order valence-corrected chi connectivity index (χ2v) is 11.8. The highest BCUT2D eigenvalue weighted by Crippen LogP contribution is 2.39. The molecule has 0 aliphatic carbocycles. The number of hydrogen-bond acceptors (Lipinski definition) is 2. The second kappa shape index (κ2) is 6.63. The summed E-state index contributed by atoms with van der Waals surface area (Å²) in [6.07, 6.45) is 9.65. The van der Waals surface area contributed by atoms with Gasteiger partial charge in [-0.05, 0) is 29.8 Å². The van der Waals surface area contributed by atoms with Gasteiger partial charge in [0.1, 0.15) is 6.23 Å². The highest BCUT2D eigenvalue weighted by atomic mass is 28.4. The summed E-state index contributed by atoms with van der Waals surface area (Å²) < 4.78 is 8.56. The molecule has 22 heavy (non-hydrogen) atoms. The van der Waals surface area contributed by atoms with Crippen molar-refractivity contribution in [1.29, 1.82) is 0 Å². The molecule has 0 saturated heterocycles. The van der Waals surface area contributed by atoms with Crippen molar-refractivity contribution in [2.75, 3.05) is 0 Å². The van der Waals surface area contributed by atoms with Crippen LogP contribution in [0, 0.1) is 0 Å². The van der Waals surface area contributed by atoms with Crippen LogP contribution in [0.15, 0.2) is 55.1 Å². The van der Waals surface area contributed by atoms with Gasteiger partial charge in [-0.25, -0.2) is 4.98 Å². The van der Waals surface area contributed by atoms with Gasteiger partial charge in [-0.15, -0.1) is 0 Å². The van der Waals surface area contributed by atoms with Gasteiger partial charge in [0.05, 0.1) is 6.33 Å². The fourth-order valence-electron chi connectivity index (χ4n) is 1.86. The van der Waals surface area contributed by atoms with E-state index in [1.165, 1.54) is 5.56 Å². The van der Waals surface area contributed by atoms with E-state index in [0.717, 1.165) is 0 Å². The second-order valence-electron chi connectivity index (χ2n) is 7.05. The number of benzene rings is 1. The molecule has 0 fully saturated rings. The number of nitrogens with zero attached hydrogens (tertiary/aromatic N) is 2. The predicted molar refractivity (Wildman–Crippen MR) is 95.0 cm³/mol. The van der Waals surface area contributed by atoms with E-state index in [9.17, 15) is 0 Å². The summed E-state index contributed by atoms with van der Waals surface area (Å²) in [5.74, 6) is 0. The molecule has 118 valence electrons. The van der Waals surface area contributed by atoms with E-state index in [1.807, 2.05) is 35.3 Å². The molecule has 1 unspecified atom stereocenters. The zero-order valence-corrected chi connectivity index (χ0v) is 15.2. The van der Waals surface area contributed by atoms with Crippen molar-refractivity contribution in [1.82, 2.24) is 9.55 Å². The molecule has 1 heterocycles. The molecule has 0 radical (unpaired) electrons. The van der Waals surface area contributed by atoms with Gasteiger partial charge in [0.25, 0.3) is 0 Å². The molecule has 0 spiro atoms. The molecule has 0 amide bonds. The lowest BCUT2D eigenvalue weighted by Crippen LogP contribution is -2.42. The monoisotopic (exact) mass is 314 g/mol. The minimum Gasteiger partial charge on any atom is -0.394 e. The normalized spacial score (nSPS) is 14.4. The molecule has 0 N–H and O–H groups in total. The quantitative estimate of drug-likeness (QED) is 0.716. The van der Waals surface area contributed by atoms with Crippen molar-refractivity contribution in [2.45, 2.75) is 45.1 Å². The van der Waals surface area contributed by atoms with E-state index in [2.05, 4.69) is 63.1 Å². The Morgan fingerprint density at radius 1 is 1.18 bits per heavy atom. The van der Waals surface area contributed by atoms with Gasteiger partial charge >= 0.3 is 0 Å². The Bertz CT molecular complexity index is 598. The van der Waals surface area contributed by atoms with Crippen molar-refractivity contribution in [3.8, 4) is 0 Å². The lowest BCUT2D eigenvalue weighted by molar-refractivity contribution is 0.162. The van der Waals surface area contributed by atoms with Crippen LogP contribution in [0.5, 0.6) is 0 Å². The Morgan fingerprint density at radius 3 is 2.41 bits per heavy atom. The third-order valence-corrected chi connectivity index (χ3v) is 8.74. The summed E-state index contributed by atoms with van der Waals surface area (Å²) in [6.45, 7) is 11.3. The van der Waals surface area contributed by atoms with Crippen LogP contribution in [-0.4, -0.2) is 17.9 Å². The van der Waals surface area contributed by atoms with Crippen LogP contribution >= 0.6 is 0 Å². The van der Waals surface area contributed by atoms with Gasteiger partial charge in [0, 0.05) is 12.4 Å². The van der Waals surface area contributed by atoms with E-state index in [4.69, 9.17) is 4.43 Å². The summed E-state index contributed by atoms with van der Waals surface area (Å²) in [5.41, 5.74) is 1.17. The zero-order chi connectivity index (χ0) is 16.2. The lowest BCUT2D eigenvalue weighted by Gasteiger charge is -2.38. The van der Waals surface area contributed by atoms with Gasteiger partial charge in [-0.1, -0.05) is 57.2 Å². The summed E-state index contributed by atoms with van der Waals surface area (Å²) in [4.78, 5) is 4.15. The Labute approximate surface area is 134 Å². The van der Waals surface area contributed by atoms with E-state index < -0.39 is 8.32 Å². The van der Waals surface area contributed by atoms with Crippen LogP contribution in [0.4, 0.5) is 0 Å². The van der Waals surface area contributed by atoms with E-state index in [1.54, 1.807) is 6.20 Å². The lowest BCUT2D eigenvalue weighted by atomic mass is 10.2. The van der Waals surface area contributed by atoms with Gasteiger partial charge in [-0.3, -0.25) is 0 Å². The molecule has 1 aromatic heterocycles. The average molecular weight is 315 g/mol. The molecule has 1 atom stereocenters. The summed E-state index contributed by atoms with van der Waals surface area (Å²) in [6, 6.07) is 10.3. The summed E-state index contributed by atoms with van der Waals surface area (Å²) >= 11 is 0. The minimum atomic E-state index is -1.86. The molecule has 2 aromatic rings. The first-order chi connectivity index (χ1) is 10.3. The van der Waals surface area contributed by atoms with Crippen LogP contribution in [-0.2, 0) is 4.43 Å². The average Bonchev–Trinajstić information content (AvgIpc) is 2.97. The van der Waals surface area contributed by atoms with E-state index in [0.29, 0.717) is 0 Å². The highest BCUT2D eigenvalue weighted by Gasteiger charge is 2.39. The fourth-order valence-corrected chi connectivity index (χ4v) is 3.01. The van der Waals surface area contributed by atoms with Crippen molar-refractivity contribution < 1.29 is 4.43 Å². The molecule has 3 nitrogen and oxygen atoms in total. The maximum Gasteiger partial charge on any atom is 0.195 e. The van der Waals surface area contributed by atoms with Gasteiger partial charge in [0.2, 0.25) is 0 Å². The molecule has 0 bridgehead atoms. The first-order valence-electron chi connectivity index (χ1n) is 7.68. The standard InChI is InChI=1S/C18H26N2OSi/c1-18(2,3)22(4,5)21-17(20-14-13-19-15-20)12-11-16-9-7-6-8-10-16/h6-15,17H,1-5H3/b12-11+. The van der Waals surface area contributed by atoms with Crippen molar-refractivity contribution in [3.63, 3.8) is 0 Å². The number of aromatic nitrogens is 2. The van der Waals surface area contributed by atoms with Gasteiger partial charge in [-0.2, -0.15) is 0 Å². The van der Waals surface area contributed by atoms with E-state index >= 15 is 0 Å². The molecule has 2 rings (SSSR count). The van der Waals surface area contributed by atoms with Crippen LogP contribution < -0.4 is 0 Å². The molecule has 0 saturated carbocycles. The summed E-state index contributed by atoms with van der Waals surface area (Å²) in [7, 11) is -1.86. The molecule has 4 heteroatoms. The van der Waals surface area contributed by atoms with Crippen molar-refractivity contribution in [3.05, 3.63) is 60.7 Å². The smallest absolute Gasteiger partial charge is 0.195 e. The molecular weight excluding hydrogens is 288 g/mol. The molecular formula is C18H26N2OSi. The van der Waals surface area contributed by atoms with Crippen molar-refractivity contribution >= 4 is 14.4 Å². The third kappa shape index (κ3) is 4.18. The Morgan fingerprint density at radius 2 is 1.86 bits per heavy atom. The largest absolute Gasteiger partial charge is 0.394 e. The Balaban J connectivity index is 2.23. The first-order valence-corrected chi connectivity index (χ1v) is 10.6. The topological polar surface area (TPSA) is 27.1 Å². The minimum absolute atomic E-state index is 0.122. The van der Waals surface area contributed by atoms with Crippen LogP contribution in [0.2, 0.25) is 18.1 Å². The highest BCUT2D eigenvalue weighted by molar-refractivity contribution is 6.74. The first kappa shape index (κ1) is 16.7. The van der Waals surface area contributed by atoms with Crippen LogP contribution in [0.25, 0.3) is 6.08 Å². The molecule has 0 aliphatic rings. The van der Waals surface area contributed by atoms with Crippen LogP contribution in [0.1, 0.15) is 32.6 Å². The maximum atomic E-state index is 6.54. The number of rotatable bonds is 5. The summed E-state index contributed by atoms with van der Waals surface area (Å²) in [5, 5.41) is 0.173. The van der Waals surface area contributed by atoms with Gasteiger partial charge < -0.3 is 8.99 Å². The molecule has 1 aromatic carbocycles. The zero-order valence-electron chi connectivity index (χ0n) is 14.2. The van der Waals surface area contributed by atoms with Crippen molar-refractivity contribution in [2.24, 2.45) is 0 Å². The maximum absolute atomic E-state index is 6.54. The van der Waals surface area contributed by atoms with Crippen LogP contribution in [0.3, 0.4) is 0 Å². The Hall–Kier alpha value is -1.65. The number of imidazole rings is 1. The third-order valence-electron chi connectivity index (χ3n) is 4.29. The van der Waals surface area contributed by atoms with Gasteiger partial charge in [0.15, 0.2) is 8.32 Å². The SMILES string of the molecule is CC(C)(C)[Si](C)(C)OC(/C=C/c1ccccc1)n1ccnc1. The number of hydrogen-bond donors (Lipinski definition) is 0.